The summed E-state index contributed by atoms with van der Waals surface area (Å²) in [5, 5.41) is 3.42. The third kappa shape index (κ3) is 4.47. The van der Waals surface area contributed by atoms with Crippen LogP contribution in [-0.2, 0) is 19.6 Å². The zero-order chi connectivity index (χ0) is 21.2. The number of hydrogen-bond donors (Lipinski definition) is 2. The molecule has 1 heterocycles. The number of H-pyrrole nitrogens is 1. The molecule has 1 atom stereocenters. The van der Waals surface area contributed by atoms with E-state index in [0.717, 1.165) is 15.2 Å². The average Bonchev–Trinajstić information content (AvgIpc) is 3.12. The van der Waals surface area contributed by atoms with E-state index in [0.29, 0.717) is 0 Å². The lowest BCUT2D eigenvalue weighted by molar-refractivity contribution is -0.123. The Hall–Kier alpha value is -3.17. The minimum atomic E-state index is -3.63. The topological polar surface area (TPSA) is 109 Å². The number of nitrogens with zero attached hydrogens (tertiary/aromatic N) is 1. The number of nitrogens with one attached hydrogen (secondary N) is 2. The van der Waals surface area contributed by atoms with Crippen molar-refractivity contribution in [1.29, 1.82) is 0 Å². The first kappa shape index (κ1) is 20.6. The van der Waals surface area contributed by atoms with Crippen LogP contribution < -0.4 is 5.32 Å². The molecule has 1 amide bonds. The monoisotopic (exact) mass is 415 g/mol. The summed E-state index contributed by atoms with van der Waals surface area (Å²) in [6.07, 6.45) is -1.08. The predicted molar refractivity (Wildman–Crippen MR) is 109 cm³/mol. The molecular weight excluding hydrogens is 394 g/mol. The number of sulfonamides is 1. The summed E-state index contributed by atoms with van der Waals surface area (Å²) in [4.78, 5) is 27.7. The Bertz CT molecular complexity index is 1130. The van der Waals surface area contributed by atoms with Crippen LogP contribution in [0.1, 0.15) is 17.4 Å². The zero-order valence-corrected chi connectivity index (χ0v) is 17.0. The van der Waals surface area contributed by atoms with Crippen LogP contribution in [0, 0.1) is 0 Å². The zero-order valence-electron chi connectivity index (χ0n) is 16.2. The Labute approximate surface area is 168 Å². The van der Waals surface area contributed by atoms with Gasteiger partial charge in [-0.15, -0.1) is 0 Å². The fourth-order valence-corrected chi connectivity index (χ4v) is 3.60. The molecule has 0 aliphatic carbocycles. The molecule has 152 valence electrons. The normalized spacial score (nSPS) is 12.7. The van der Waals surface area contributed by atoms with Gasteiger partial charge >= 0.3 is 5.97 Å². The average molecular weight is 415 g/mol. The largest absolute Gasteiger partial charge is 0.448 e. The number of aromatic nitrogens is 1. The van der Waals surface area contributed by atoms with Crippen molar-refractivity contribution in [2.75, 3.05) is 19.4 Å². The van der Waals surface area contributed by atoms with Crippen LogP contribution in [0.15, 0.2) is 59.5 Å². The number of carbonyl (C=O) groups excluding carboxylic acids is 2. The predicted octanol–water partition coefficient (Wildman–Crippen LogP) is 2.60. The van der Waals surface area contributed by atoms with Crippen molar-refractivity contribution in [3.63, 3.8) is 0 Å². The van der Waals surface area contributed by atoms with Gasteiger partial charge < -0.3 is 15.0 Å². The molecule has 0 saturated heterocycles. The number of ether oxygens (including phenoxy) is 1. The smallest absolute Gasteiger partial charge is 0.355 e. The highest BCUT2D eigenvalue weighted by Gasteiger charge is 2.22. The first-order chi connectivity index (χ1) is 13.7. The van der Waals surface area contributed by atoms with Crippen LogP contribution in [0.3, 0.4) is 0 Å². The van der Waals surface area contributed by atoms with Crippen molar-refractivity contribution < 1.29 is 22.7 Å². The summed E-state index contributed by atoms with van der Waals surface area (Å²) in [5.74, 6) is -1.23. The minimum Gasteiger partial charge on any atom is -0.448 e. The Morgan fingerprint density at radius 3 is 2.48 bits per heavy atom. The number of aromatic amines is 1. The standard InChI is InChI=1S/C20H21N3O5S/c1-13(28-20(25)18-11-14-7-4-5-10-17(14)22-18)19(24)21-15-8-6-9-16(12-15)29(26,27)23(2)3/h4-13,22H,1-3H3,(H,21,24)/t13-/m1/s1. The first-order valence-corrected chi connectivity index (χ1v) is 10.2. The lowest BCUT2D eigenvalue weighted by Gasteiger charge is -2.15. The number of carbonyl (C=O) groups is 2. The van der Waals surface area contributed by atoms with E-state index in [1.165, 1.54) is 39.2 Å². The van der Waals surface area contributed by atoms with Gasteiger partial charge in [-0.05, 0) is 37.3 Å². The van der Waals surface area contributed by atoms with E-state index >= 15 is 0 Å². The van der Waals surface area contributed by atoms with E-state index in [-0.39, 0.29) is 16.3 Å². The lowest BCUT2D eigenvalue weighted by Crippen LogP contribution is -2.30. The molecule has 9 heteroatoms. The maximum Gasteiger partial charge on any atom is 0.355 e. The number of para-hydroxylation sites is 1. The molecule has 0 saturated carbocycles. The van der Waals surface area contributed by atoms with Crippen molar-refractivity contribution in [3.8, 4) is 0 Å². The van der Waals surface area contributed by atoms with Crippen molar-refractivity contribution in [1.82, 2.24) is 9.29 Å². The molecule has 0 aliphatic rings. The number of benzene rings is 2. The number of amides is 1. The second-order valence-corrected chi connectivity index (χ2v) is 8.77. The molecule has 3 rings (SSSR count). The molecule has 0 spiro atoms. The maximum absolute atomic E-state index is 12.4. The second kappa shape index (κ2) is 8.06. The third-order valence-corrected chi connectivity index (χ3v) is 6.09. The molecule has 0 bridgehead atoms. The highest BCUT2D eigenvalue weighted by molar-refractivity contribution is 7.89. The molecular formula is C20H21N3O5S. The summed E-state index contributed by atoms with van der Waals surface area (Å²) >= 11 is 0. The van der Waals surface area contributed by atoms with Gasteiger partial charge in [-0.3, -0.25) is 4.79 Å². The molecule has 8 nitrogen and oxygen atoms in total. The second-order valence-electron chi connectivity index (χ2n) is 6.62. The Balaban J connectivity index is 1.68. The van der Waals surface area contributed by atoms with E-state index in [1.54, 1.807) is 12.1 Å². The highest BCUT2D eigenvalue weighted by atomic mass is 32.2. The van der Waals surface area contributed by atoms with Crippen LogP contribution >= 0.6 is 0 Å². The van der Waals surface area contributed by atoms with Gasteiger partial charge in [0.2, 0.25) is 10.0 Å². The Morgan fingerprint density at radius 1 is 1.07 bits per heavy atom. The summed E-state index contributed by atoms with van der Waals surface area (Å²) in [7, 11) is -0.785. The van der Waals surface area contributed by atoms with Crippen molar-refractivity contribution in [2.45, 2.75) is 17.9 Å². The number of anilines is 1. The van der Waals surface area contributed by atoms with Gasteiger partial charge in [0.15, 0.2) is 6.10 Å². The van der Waals surface area contributed by atoms with Crippen molar-refractivity contribution in [3.05, 3.63) is 60.3 Å². The summed E-state index contributed by atoms with van der Waals surface area (Å²) in [6.45, 7) is 1.44. The van der Waals surface area contributed by atoms with Gasteiger partial charge in [0, 0.05) is 30.7 Å². The van der Waals surface area contributed by atoms with E-state index in [1.807, 2.05) is 24.3 Å². The highest BCUT2D eigenvalue weighted by Crippen LogP contribution is 2.19. The van der Waals surface area contributed by atoms with Gasteiger partial charge in [-0.25, -0.2) is 17.5 Å². The number of fused-ring (bicyclic) bond motifs is 1. The van der Waals surface area contributed by atoms with E-state index in [9.17, 15) is 18.0 Å². The van der Waals surface area contributed by atoms with Crippen molar-refractivity contribution >= 4 is 38.5 Å². The van der Waals surface area contributed by atoms with Crippen LogP contribution in [0.25, 0.3) is 10.9 Å². The van der Waals surface area contributed by atoms with Crippen LogP contribution in [-0.4, -0.2) is 49.8 Å². The van der Waals surface area contributed by atoms with E-state index in [2.05, 4.69) is 10.3 Å². The van der Waals surface area contributed by atoms with Gasteiger partial charge in [0.1, 0.15) is 5.69 Å². The fraction of sp³-hybridized carbons (Fsp3) is 0.200. The fourth-order valence-electron chi connectivity index (χ4n) is 2.65. The molecule has 2 N–H and O–H groups in total. The number of hydrogen-bond acceptors (Lipinski definition) is 5. The summed E-state index contributed by atoms with van der Waals surface area (Å²) in [5.41, 5.74) is 1.31. The van der Waals surface area contributed by atoms with Crippen LogP contribution in [0.2, 0.25) is 0 Å². The van der Waals surface area contributed by atoms with Crippen molar-refractivity contribution in [2.24, 2.45) is 0 Å². The minimum absolute atomic E-state index is 0.0445. The Kier molecular flexibility index (Phi) is 5.71. The molecule has 1 aromatic heterocycles. The van der Waals surface area contributed by atoms with Gasteiger partial charge in [-0.1, -0.05) is 24.3 Å². The van der Waals surface area contributed by atoms with Crippen LogP contribution in [0.4, 0.5) is 5.69 Å². The number of esters is 1. The summed E-state index contributed by atoms with van der Waals surface area (Å²) in [6, 6.07) is 14.9. The molecule has 0 aliphatic heterocycles. The molecule has 0 fully saturated rings. The third-order valence-electron chi connectivity index (χ3n) is 4.28. The van der Waals surface area contributed by atoms with Gasteiger partial charge in [0.05, 0.1) is 4.90 Å². The van der Waals surface area contributed by atoms with Crippen LogP contribution in [0.5, 0.6) is 0 Å². The molecule has 29 heavy (non-hydrogen) atoms. The van der Waals surface area contributed by atoms with E-state index in [4.69, 9.17) is 4.74 Å². The van der Waals surface area contributed by atoms with Gasteiger partial charge in [-0.2, -0.15) is 0 Å². The maximum atomic E-state index is 12.4. The van der Waals surface area contributed by atoms with Gasteiger partial charge in [0.25, 0.3) is 5.91 Å². The SMILES string of the molecule is C[C@@H](OC(=O)c1cc2ccccc2[nH]1)C(=O)Nc1cccc(S(=O)(=O)N(C)C)c1. The molecule has 0 unspecified atom stereocenters. The molecule has 3 aromatic rings. The lowest BCUT2D eigenvalue weighted by atomic mass is 10.2. The molecule has 0 radical (unpaired) electrons. The number of rotatable bonds is 6. The molecule has 2 aromatic carbocycles. The first-order valence-electron chi connectivity index (χ1n) is 8.80. The summed E-state index contributed by atoms with van der Waals surface area (Å²) < 4.78 is 30.8. The van der Waals surface area contributed by atoms with E-state index < -0.39 is 28.0 Å². The quantitative estimate of drug-likeness (QED) is 0.602. The Morgan fingerprint density at radius 2 is 1.79 bits per heavy atom.